The van der Waals surface area contributed by atoms with E-state index in [-0.39, 0.29) is 17.2 Å². The number of esters is 3. The van der Waals surface area contributed by atoms with E-state index in [1.54, 1.807) is 24.3 Å². The number of aliphatic hydroxyl groups excluding tert-OH is 6. The lowest BCUT2D eigenvalue weighted by Gasteiger charge is -2.23. The van der Waals surface area contributed by atoms with E-state index in [4.69, 9.17) is 14.2 Å². The van der Waals surface area contributed by atoms with Crippen molar-refractivity contribution < 1.29 is 59.2 Å². The maximum atomic E-state index is 12.6. The molecule has 0 bridgehead atoms. The van der Waals surface area contributed by atoms with Crippen LogP contribution in [0.3, 0.4) is 0 Å². The first kappa shape index (κ1) is 33.6. The third-order valence-electron chi connectivity index (χ3n) is 6.45. The van der Waals surface area contributed by atoms with Crippen LogP contribution < -0.4 is 14.2 Å². The molecule has 0 aliphatic rings. The van der Waals surface area contributed by atoms with Gasteiger partial charge in [0.1, 0.15) is 33.5 Å². The van der Waals surface area contributed by atoms with E-state index in [1.165, 1.54) is 51.1 Å². The Hall–Kier alpha value is -3.65. The first-order chi connectivity index (χ1) is 19.3. The SMILES string of the molecule is CC(CO)(CO)C(=O)Oc1ccc(C=Cc2cc(OC(=O)C(C)(CO)CO)cc(OC(=O)C(C)(CO)CO)c2)cc1. The van der Waals surface area contributed by atoms with Crippen LogP contribution in [0.2, 0.25) is 0 Å². The Labute approximate surface area is 237 Å². The zero-order valence-electron chi connectivity index (χ0n) is 23.1. The topological polar surface area (TPSA) is 200 Å². The van der Waals surface area contributed by atoms with Gasteiger partial charge >= 0.3 is 17.9 Å². The molecule has 41 heavy (non-hydrogen) atoms. The smallest absolute Gasteiger partial charge is 0.321 e. The van der Waals surface area contributed by atoms with Gasteiger partial charge in [0.15, 0.2) is 0 Å². The van der Waals surface area contributed by atoms with Gasteiger partial charge in [-0.1, -0.05) is 24.3 Å². The van der Waals surface area contributed by atoms with Crippen molar-refractivity contribution in [3.63, 3.8) is 0 Å². The molecule has 2 aromatic carbocycles. The van der Waals surface area contributed by atoms with Gasteiger partial charge in [0.2, 0.25) is 0 Å². The maximum Gasteiger partial charge on any atom is 0.321 e. The normalized spacial score (nSPS) is 12.3. The Morgan fingerprint density at radius 3 is 1.20 bits per heavy atom. The van der Waals surface area contributed by atoms with Gasteiger partial charge in [0.25, 0.3) is 0 Å². The summed E-state index contributed by atoms with van der Waals surface area (Å²) in [4.78, 5) is 37.4. The average molecular weight is 577 g/mol. The quantitative estimate of drug-likeness (QED) is 0.104. The molecule has 12 heteroatoms. The highest BCUT2D eigenvalue weighted by Gasteiger charge is 2.36. The van der Waals surface area contributed by atoms with E-state index in [9.17, 15) is 45.0 Å². The lowest BCUT2D eigenvalue weighted by Crippen LogP contribution is -2.39. The summed E-state index contributed by atoms with van der Waals surface area (Å²) < 4.78 is 15.9. The van der Waals surface area contributed by atoms with Crippen molar-refractivity contribution >= 4 is 30.1 Å². The number of rotatable bonds is 14. The van der Waals surface area contributed by atoms with Crippen molar-refractivity contribution in [1.82, 2.24) is 0 Å². The molecule has 0 aromatic heterocycles. The number of hydrogen-bond donors (Lipinski definition) is 6. The summed E-state index contributed by atoms with van der Waals surface area (Å²) in [5.74, 6) is -2.60. The summed E-state index contributed by atoms with van der Waals surface area (Å²) >= 11 is 0. The molecule has 0 saturated carbocycles. The minimum atomic E-state index is -1.59. The Bertz CT molecular complexity index is 1170. The molecule has 0 saturated heterocycles. The first-order valence-corrected chi connectivity index (χ1v) is 12.6. The van der Waals surface area contributed by atoms with E-state index >= 15 is 0 Å². The van der Waals surface area contributed by atoms with Gasteiger partial charge in [-0.05, 0) is 56.2 Å². The molecule has 0 atom stereocenters. The van der Waals surface area contributed by atoms with Gasteiger partial charge in [-0.25, -0.2) is 0 Å². The minimum absolute atomic E-state index is 0.0687. The molecule has 0 radical (unpaired) electrons. The van der Waals surface area contributed by atoms with Crippen molar-refractivity contribution in [2.75, 3.05) is 39.6 Å². The number of benzene rings is 2. The summed E-state index contributed by atoms with van der Waals surface area (Å²) in [5.41, 5.74) is -3.58. The third-order valence-corrected chi connectivity index (χ3v) is 6.45. The first-order valence-electron chi connectivity index (χ1n) is 12.6. The summed E-state index contributed by atoms with van der Waals surface area (Å²) in [6, 6.07) is 10.4. The molecule has 0 heterocycles. The fourth-order valence-corrected chi connectivity index (χ4v) is 2.88. The van der Waals surface area contributed by atoms with Crippen LogP contribution in [0.15, 0.2) is 42.5 Å². The zero-order chi connectivity index (χ0) is 30.8. The van der Waals surface area contributed by atoms with Gasteiger partial charge in [0, 0.05) is 6.07 Å². The molecule has 2 rings (SSSR count). The lowest BCUT2D eigenvalue weighted by atomic mass is 9.93. The molecule has 0 aliphatic carbocycles. The van der Waals surface area contributed by atoms with Gasteiger partial charge in [-0.15, -0.1) is 0 Å². The molecule has 0 fully saturated rings. The van der Waals surface area contributed by atoms with Crippen molar-refractivity contribution in [3.8, 4) is 17.2 Å². The molecule has 6 N–H and O–H groups in total. The summed E-state index contributed by atoms with van der Waals surface area (Å²) in [7, 11) is 0. The van der Waals surface area contributed by atoms with Crippen LogP contribution in [-0.2, 0) is 14.4 Å². The Balaban J connectivity index is 2.35. The predicted molar refractivity (Wildman–Crippen MR) is 146 cm³/mol. The second-order valence-corrected chi connectivity index (χ2v) is 10.4. The monoisotopic (exact) mass is 576 g/mol. The largest absolute Gasteiger partial charge is 0.426 e. The fourth-order valence-electron chi connectivity index (χ4n) is 2.88. The maximum absolute atomic E-state index is 12.6. The van der Waals surface area contributed by atoms with Crippen LogP contribution in [0, 0.1) is 16.2 Å². The van der Waals surface area contributed by atoms with Crippen LogP contribution in [-0.4, -0.2) is 88.2 Å². The Morgan fingerprint density at radius 2 is 0.854 bits per heavy atom. The third kappa shape index (κ3) is 8.43. The molecule has 0 spiro atoms. The number of carbonyl (C=O) groups is 3. The van der Waals surface area contributed by atoms with Crippen molar-refractivity contribution in [2.24, 2.45) is 16.2 Å². The fraction of sp³-hybridized carbons (Fsp3) is 0.414. The number of carbonyl (C=O) groups excluding carboxylic acids is 3. The molecule has 224 valence electrons. The summed E-state index contributed by atoms with van der Waals surface area (Å²) in [6.07, 6.45) is 3.25. The highest BCUT2D eigenvalue weighted by molar-refractivity contribution is 5.82. The molecular weight excluding hydrogens is 540 g/mol. The lowest BCUT2D eigenvalue weighted by molar-refractivity contribution is -0.151. The van der Waals surface area contributed by atoms with E-state index < -0.39 is 73.8 Å². The van der Waals surface area contributed by atoms with E-state index in [0.717, 1.165) is 0 Å². The van der Waals surface area contributed by atoms with Crippen LogP contribution in [0.1, 0.15) is 31.9 Å². The van der Waals surface area contributed by atoms with Crippen molar-refractivity contribution in [3.05, 3.63) is 53.6 Å². The van der Waals surface area contributed by atoms with Crippen LogP contribution in [0.4, 0.5) is 0 Å². The Morgan fingerprint density at radius 1 is 0.537 bits per heavy atom. The second kappa shape index (κ2) is 14.3. The highest BCUT2D eigenvalue weighted by atomic mass is 16.6. The van der Waals surface area contributed by atoms with Gasteiger partial charge in [-0.3, -0.25) is 14.4 Å². The summed E-state index contributed by atoms with van der Waals surface area (Å²) in [5, 5.41) is 56.7. The molecule has 12 nitrogen and oxygen atoms in total. The van der Waals surface area contributed by atoms with Crippen LogP contribution in [0.25, 0.3) is 12.2 Å². The van der Waals surface area contributed by atoms with Gasteiger partial charge in [0.05, 0.1) is 39.6 Å². The number of ether oxygens (including phenoxy) is 3. The van der Waals surface area contributed by atoms with Crippen LogP contribution in [0.5, 0.6) is 17.2 Å². The molecule has 2 aromatic rings. The van der Waals surface area contributed by atoms with Gasteiger partial charge in [-0.2, -0.15) is 0 Å². The van der Waals surface area contributed by atoms with Crippen molar-refractivity contribution in [2.45, 2.75) is 20.8 Å². The molecule has 0 amide bonds. The average Bonchev–Trinajstić information content (AvgIpc) is 2.99. The van der Waals surface area contributed by atoms with E-state index in [1.807, 2.05) is 0 Å². The standard InChI is InChI=1S/C29H36O12/c1-27(13-30,14-31)24(36)39-21-8-6-19(7-9-21)4-5-20-10-22(40-25(37)28(2,15-32)16-33)12-23(11-20)41-26(38)29(3,17-34)18-35/h4-12,30-35H,13-18H2,1-3H3. The number of hydrogen-bond acceptors (Lipinski definition) is 12. The number of aliphatic hydroxyl groups is 6. The Kier molecular flexibility index (Phi) is 11.7. The molecule has 0 aliphatic heterocycles. The van der Waals surface area contributed by atoms with Gasteiger partial charge < -0.3 is 44.8 Å². The van der Waals surface area contributed by atoms with Crippen LogP contribution >= 0.6 is 0 Å². The predicted octanol–water partition coefficient (Wildman–Crippen LogP) is 0.546. The molecular formula is C29H36O12. The summed E-state index contributed by atoms with van der Waals surface area (Å²) in [6.45, 7) is 0.0802. The van der Waals surface area contributed by atoms with E-state index in [2.05, 4.69) is 0 Å². The zero-order valence-corrected chi connectivity index (χ0v) is 23.1. The van der Waals surface area contributed by atoms with E-state index in [0.29, 0.717) is 11.1 Å². The second-order valence-electron chi connectivity index (χ2n) is 10.4. The highest BCUT2D eigenvalue weighted by Crippen LogP contribution is 2.29. The van der Waals surface area contributed by atoms with Crippen molar-refractivity contribution in [1.29, 1.82) is 0 Å². The minimum Gasteiger partial charge on any atom is -0.426 e. The molecule has 0 unspecified atom stereocenters.